The van der Waals surface area contributed by atoms with Crippen molar-refractivity contribution in [2.24, 2.45) is 5.84 Å². The Morgan fingerprint density at radius 2 is 1.90 bits per heavy atom. The monoisotopic (exact) mass is 293 g/mol. The maximum absolute atomic E-state index is 14.3. The lowest BCUT2D eigenvalue weighted by atomic mass is 9.93. The number of nitrogens with one attached hydrogen (secondary N) is 1. The van der Waals surface area contributed by atoms with Crippen LogP contribution in [-0.2, 0) is 0 Å². The summed E-state index contributed by atoms with van der Waals surface area (Å²) in [5.74, 6) is 5.31. The van der Waals surface area contributed by atoms with Crippen molar-refractivity contribution in [2.75, 3.05) is 5.73 Å². The van der Waals surface area contributed by atoms with E-state index in [0.717, 1.165) is 11.1 Å². The maximum atomic E-state index is 14.3. The zero-order chi connectivity index (χ0) is 14.9. The molecule has 0 bridgehead atoms. The third kappa shape index (κ3) is 2.77. The topological polar surface area (TPSA) is 64.1 Å². The van der Waals surface area contributed by atoms with Crippen molar-refractivity contribution in [2.45, 2.75) is 19.9 Å². The fraction of sp³-hybridized carbons (Fsp3) is 0.200. The van der Waals surface area contributed by atoms with E-state index in [1.165, 1.54) is 6.07 Å². The summed E-state index contributed by atoms with van der Waals surface area (Å²) in [6.45, 7) is 3.70. The second-order valence-corrected chi connectivity index (χ2v) is 5.29. The van der Waals surface area contributed by atoms with Gasteiger partial charge in [0.05, 0.1) is 6.04 Å². The molecule has 0 saturated heterocycles. The van der Waals surface area contributed by atoms with E-state index in [1.807, 2.05) is 19.9 Å². The molecule has 0 aliphatic rings. The molecule has 3 nitrogen and oxygen atoms in total. The van der Waals surface area contributed by atoms with Gasteiger partial charge in [-0.15, -0.1) is 0 Å². The Hall–Kier alpha value is -1.62. The number of benzene rings is 2. The fourth-order valence-corrected chi connectivity index (χ4v) is 2.61. The SMILES string of the molecule is Cc1cc(C)c(C(NN)c2ccc(Cl)cc2N)c(F)c1. The van der Waals surface area contributed by atoms with Gasteiger partial charge in [0.15, 0.2) is 0 Å². The van der Waals surface area contributed by atoms with Crippen LogP contribution < -0.4 is 17.0 Å². The van der Waals surface area contributed by atoms with Crippen molar-refractivity contribution in [1.29, 1.82) is 0 Å². The molecule has 5 heteroatoms. The first kappa shape index (κ1) is 14.8. The van der Waals surface area contributed by atoms with Gasteiger partial charge in [-0.3, -0.25) is 5.84 Å². The first-order chi connectivity index (χ1) is 9.43. The number of rotatable bonds is 3. The van der Waals surface area contributed by atoms with Crippen molar-refractivity contribution < 1.29 is 4.39 Å². The van der Waals surface area contributed by atoms with Crippen LogP contribution in [0.1, 0.15) is 28.3 Å². The molecule has 0 amide bonds. The van der Waals surface area contributed by atoms with Crippen molar-refractivity contribution in [3.63, 3.8) is 0 Å². The molecule has 0 aliphatic carbocycles. The van der Waals surface area contributed by atoms with Gasteiger partial charge in [0, 0.05) is 16.3 Å². The van der Waals surface area contributed by atoms with Crippen LogP contribution in [0.3, 0.4) is 0 Å². The van der Waals surface area contributed by atoms with Gasteiger partial charge in [-0.1, -0.05) is 23.7 Å². The summed E-state index contributed by atoms with van der Waals surface area (Å²) in [6, 6.07) is 7.96. The molecule has 0 saturated carbocycles. The maximum Gasteiger partial charge on any atom is 0.128 e. The minimum absolute atomic E-state index is 0.306. The van der Waals surface area contributed by atoms with Crippen LogP contribution in [0.15, 0.2) is 30.3 Å². The van der Waals surface area contributed by atoms with E-state index in [9.17, 15) is 4.39 Å². The number of halogens is 2. The Bertz CT molecular complexity index is 620. The van der Waals surface area contributed by atoms with Gasteiger partial charge in [0.2, 0.25) is 0 Å². The molecule has 1 unspecified atom stereocenters. The van der Waals surface area contributed by atoms with E-state index in [4.69, 9.17) is 23.2 Å². The number of hydrogen-bond acceptors (Lipinski definition) is 3. The molecule has 5 N–H and O–H groups in total. The number of nitrogens with two attached hydrogens (primary N) is 2. The van der Waals surface area contributed by atoms with Gasteiger partial charge in [0.25, 0.3) is 0 Å². The van der Waals surface area contributed by atoms with Gasteiger partial charge in [-0.25, -0.2) is 9.82 Å². The average Bonchev–Trinajstić information content (AvgIpc) is 2.34. The third-order valence-corrected chi connectivity index (χ3v) is 3.53. The predicted octanol–water partition coefficient (Wildman–Crippen LogP) is 3.23. The van der Waals surface area contributed by atoms with Crippen LogP contribution in [0.2, 0.25) is 5.02 Å². The Morgan fingerprint density at radius 3 is 2.45 bits per heavy atom. The summed E-state index contributed by atoms with van der Waals surface area (Å²) < 4.78 is 14.3. The summed E-state index contributed by atoms with van der Waals surface area (Å²) in [6.07, 6.45) is 0. The molecule has 0 spiro atoms. The van der Waals surface area contributed by atoms with Gasteiger partial charge < -0.3 is 5.73 Å². The van der Waals surface area contributed by atoms with E-state index < -0.39 is 6.04 Å². The Morgan fingerprint density at radius 1 is 1.20 bits per heavy atom. The normalized spacial score (nSPS) is 12.4. The summed E-state index contributed by atoms with van der Waals surface area (Å²) in [7, 11) is 0. The van der Waals surface area contributed by atoms with Gasteiger partial charge in [-0.05, 0) is 48.7 Å². The first-order valence-corrected chi connectivity index (χ1v) is 6.59. The van der Waals surface area contributed by atoms with E-state index in [1.54, 1.807) is 18.2 Å². The van der Waals surface area contributed by atoms with E-state index in [-0.39, 0.29) is 5.82 Å². The molecule has 2 rings (SSSR count). The molecular weight excluding hydrogens is 277 g/mol. The van der Waals surface area contributed by atoms with Crippen molar-refractivity contribution in [3.05, 3.63) is 63.4 Å². The first-order valence-electron chi connectivity index (χ1n) is 6.21. The molecule has 0 fully saturated rings. The van der Waals surface area contributed by atoms with Crippen LogP contribution in [0.4, 0.5) is 10.1 Å². The highest BCUT2D eigenvalue weighted by atomic mass is 35.5. The Labute approximate surface area is 122 Å². The lowest BCUT2D eigenvalue weighted by molar-refractivity contribution is 0.557. The number of hydrogen-bond donors (Lipinski definition) is 3. The Balaban J connectivity index is 2.58. The number of hydrazine groups is 1. The molecule has 0 radical (unpaired) electrons. The van der Waals surface area contributed by atoms with Crippen molar-refractivity contribution >= 4 is 17.3 Å². The molecule has 0 aliphatic heterocycles. The van der Waals surface area contributed by atoms with Gasteiger partial charge in [0.1, 0.15) is 5.82 Å². The predicted molar refractivity (Wildman–Crippen MR) is 80.9 cm³/mol. The summed E-state index contributed by atoms with van der Waals surface area (Å²) in [5, 5.41) is 0.531. The Kier molecular flexibility index (Phi) is 4.28. The van der Waals surface area contributed by atoms with Crippen LogP contribution >= 0.6 is 11.6 Å². The van der Waals surface area contributed by atoms with E-state index >= 15 is 0 Å². The molecule has 106 valence electrons. The highest BCUT2D eigenvalue weighted by Crippen LogP contribution is 2.32. The highest BCUT2D eigenvalue weighted by molar-refractivity contribution is 6.30. The molecule has 1 atom stereocenters. The summed E-state index contributed by atoms with van der Waals surface area (Å²) in [4.78, 5) is 0. The molecule has 0 aromatic heterocycles. The molecule has 0 heterocycles. The van der Waals surface area contributed by atoms with Crippen molar-refractivity contribution in [3.8, 4) is 0 Å². The smallest absolute Gasteiger partial charge is 0.128 e. The van der Waals surface area contributed by atoms with Gasteiger partial charge in [-0.2, -0.15) is 0 Å². The quantitative estimate of drug-likeness (QED) is 0.462. The zero-order valence-corrected chi connectivity index (χ0v) is 12.1. The minimum atomic E-state index is -0.520. The third-order valence-electron chi connectivity index (χ3n) is 3.30. The lowest BCUT2D eigenvalue weighted by Crippen LogP contribution is -2.30. The number of aryl methyl sites for hydroxylation is 2. The second-order valence-electron chi connectivity index (χ2n) is 4.85. The van der Waals surface area contributed by atoms with Crippen LogP contribution in [-0.4, -0.2) is 0 Å². The number of nitrogen functional groups attached to an aromatic ring is 1. The molecule has 2 aromatic rings. The van der Waals surface area contributed by atoms with Gasteiger partial charge >= 0.3 is 0 Å². The second kappa shape index (κ2) is 5.79. The molecular formula is C15H17ClFN3. The summed E-state index contributed by atoms with van der Waals surface area (Å²) >= 11 is 5.89. The van der Waals surface area contributed by atoms with Crippen LogP contribution in [0.25, 0.3) is 0 Å². The summed E-state index contributed by atoms with van der Waals surface area (Å²) in [5.41, 5.74) is 11.9. The average molecular weight is 294 g/mol. The number of anilines is 1. The minimum Gasteiger partial charge on any atom is -0.398 e. The zero-order valence-electron chi connectivity index (χ0n) is 11.4. The van der Waals surface area contributed by atoms with E-state index in [0.29, 0.717) is 21.8 Å². The highest BCUT2D eigenvalue weighted by Gasteiger charge is 2.21. The molecule has 20 heavy (non-hydrogen) atoms. The van der Waals surface area contributed by atoms with Crippen molar-refractivity contribution in [1.82, 2.24) is 5.43 Å². The lowest BCUT2D eigenvalue weighted by Gasteiger charge is -2.22. The standard InChI is InChI=1S/C15H17ClFN3/c1-8-5-9(2)14(12(17)6-8)15(20-19)11-4-3-10(16)7-13(11)18/h3-7,15,20H,18-19H2,1-2H3. The largest absolute Gasteiger partial charge is 0.398 e. The fourth-order valence-electron chi connectivity index (χ4n) is 2.43. The van der Waals surface area contributed by atoms with E-state index in [2.05, 4.69) is 5.43 Å². The molecule has 2 aromatic carbocycles. The van der Waals surface area contributed by atoms with Crippen LogP contribution in [0.5, 0.6) is 0 Å². The van der Waals surface area contributed by atoms with Crippen LogP contribution in [0, 0.1) is 19.7 Å².